The Balaban J connectivity index is 0.830. The van der Waals surface area contributed by atoms with Gasteiger partial charge in [0.2, 0.25) is 0 Å². The van der Waals surface area contributed by atoms with Crippen LogP contribution in [-0.4, -0.2) is 151 Å². The van der Waals surface area contributed by atoms with Crippen molar-refractivity contribution in [1.82, 2.24) is 54.4 Å². The van der Waals surface area contributed by atoms with Gasteiger partial charge in [0, 0.05) is 70.7 Å². The highest BCUT2D eigenvalue weighted by molar-refractivity contribution is 5.92. The molecule has 4 bridgehead atoms. The molecule has 1 N–H and O–H groups in total. The number of hydrogen-bond donors (Lipinski definition) is 1. The van der Waals surface area contributed by atoms with Crippen LogP contribution in [0.4, 0.5) is 26.9 Å². The van der Waals surface area contributed by atoms with Crippen LogP contribution in [0.1, 0.15) is 32.1 Å². The maximum atomic E-state index is 13.9. The topological polar surface area (TPSA) is 177 Å². The quantitative estimate of drug-likeness (QED) is 0.183. The zero-order chi connectivity index (χ0) is 43.4. The van der Waals surface area contributed by atoms with Gasteiger partial charge in [0.25, 0.3) is 0 Å². The van der Waals surface area contributed by atoms with Gasteiger partial charge in [0.1, 0.15) is 17.4 Å². The lowest BCUT2D eigenvalue weighted by molar-refractivity contribution is 0.0301. The number of aryl methyl sites for hydroxylation is 2. The number of carbonyl (C=O) groups is 2. The fourth-order valence-electron chi connectivity index (χ4n) is 9.08. The number of carbonyl (C=O) groups excluding carboxylic acids is 2. The van der Waals surface area contributed by atoms with Gasteiger partial charge in [-0.25, -0.2) is 39.5 Å². The fraction of sp³-hybridized carbons (Fsp3) is 0.455. The maximum absolute atomic E-state index is 13.9. The summed E-state index contributed by atoms with van der Waals surface area (Å²) in [6.45, 7) is 4.06. The summed E-state index contributed by atoms with van der Waals surface area (Å²) in [5.41, 5.74) is 3.56. The Morgan fingerprint density at radius 2 is 1.16 bits per heavy atom. The largest absolute Gasteiger partial charge is 0.434 e. The summed E-state index contributed by atoms with van der Waals surface area (Å²) in [6.07, 6.45) is 8.54. The standard InChI is InChI=1S/C44H52N14O5/c1-52(2)19-6-20-58(43(59)47-29-11-7-27(8-12-29)37-48-39-35(21-45-53(39)3)41(50-37)56-23-31-15-16-32(24-56)61-31)55(5)44(60)63-30-13-9-28(10-14-30)38-49-40-36(22-46-54(40)4)42(51-38)57-25-33-17-18-34(26-57)62-33/h7-14,21-22,31-34H,6,15-20,23-26H2,1-5H3,(H,47,59). The predicted octanol–water partition coefficient (Wildman–Crippen LogP) is 4.94. The van der Waals surface area contributed by atoms with Crippen LogP contribution in [0, 0.1) is 0 Å². The first kappa shape index (κ1) is 40.6. The molecule has 10 rings (SSSR count). The van der Waals surface area contributed by atoms with Crippen LogP contribution in [-0.2, 0) is 23.6 Å². The third-order valence-corrected chi connectivity index (χ3v) is 12.4. The van der Waals surface area contributed by atoms with Crippen molar-refractivity contribution in [2.45, 2.75) is 56.5 Å². The summed E-state index contributed by atoms with van der Waals surface area (Å²) in [5, 5.41) is 16.3. The lowest BCUT2D eigenvalue weighted by Crippen LogP contribution is -2.51. The minimum Gasteiger partial charge on any atom is -0.409 e. The Morgan fingerprint density at radius 1 is 0.683 bits per heavy atom. The van der Waals surface area contributed by atoms with E-state index in [0.29, 0.717) is 36.1 Å². The zero-order valence-corrected chi connectivity index (χ0v) is 36.2. The highest BCUT2D eigenvalue weighted by Gasteiger charge is 2.37. The van der Waals surface area contributed by atoms with Gasteiger partial charge in [-0.3, -0.25) is 9.36 Å². The van der Waals surface area contributed by atoms with Crippen LogP contribution in [0.3, 0.4) is 0 Å². The van der Waals surface area contributed by atoms with Gasteiger partial charge < -0.3 is 34.2 Å². The Morgan fingerprint density at radius 3 is 1.63 bits per heavy atom. The number of rotatable bonds is 10. The van der Waals surface area contributed by atoms with E-state index in [9.17, 15) is 9.59 Å². The monoisotopic (exact) mass is 856 g/mol. The Hall–Kier alpha value is -6.44. The van der Waals surface area contributed by atoms with Gasteiger partial charge in [-0.05, 0) is 101 Å². The average Bonchev–Trinajstić information content (AvgIpc) is 4.05. The number of ether oxygens (including phenoxy) is 3. The first-order valence-electron chi connectivity index (χ1n) is 21.6. The first-order valence-corrected chi connectivity index (χ1v) is 21.6. The number of aromatic nitrogens is 8. The molecule has 4 aliphatic heterocycles. The number of amides is 3. The molecule has 328 valence electrons. The number of hydrazine groups is 1. The number of benzene rings is 2. The second kappa shape index (κ2) is 16.7. The highest BCUT2D eigenvalue weighted by atomic mass is 16.6. The molecule has 0 aliphatic carbocycles. The molecule has 6 aromatic rings. The van der Waals surface area contributed by atoms with E-state index in [1.54, 1.807) is 33.6 Å². The maximum Gasteiger partial charge on any atom is 0.434 e. The third kappa shape index (κ3) is 8.18. The molecule has 8 heterocycles. The van der Waals surface area contributed by atoms with Crippen LogP contribution in [0.15, 0.2) is 60.9 Å². The number of fused-ring (bicyclic) bond motifs is 6. The minimum atomic E-state index is -0.721. The highest BCUT2D eigenvalue weighted by Crippen LogP contribution is 2.35. The number of nitrogens with zero attached hydrogens (tertiary/aromatic N) is 13. The molecular weight excluding hydrogens is 805 g/mol. The molecule has 0 spiro atoms. The number of morpholine rings is 2. The minimum absolute atomic E-state index is 0.197. The van der Waals surface area contributed by atoms with Gasteiger partial charge in [0.05, 0.1) is 47.6 Å². The van der Waals surface area contributed by atoms with E-state index in [1.165, 1.54) is 17.1 Å². The van der Waals surface area contributed by atoms with E-state index < -0.39 is 12.1 Å². The summed E-state index contributed by atoms with van der Waals surface area (Å²) in [6, 6.07) is 13.9. The van der Waals surface area contributed by atoms with Gasteiger partial charge in [-0.1, -0.05) is 0 Å². The zero-order valence-electron chi connectivity index (χ0n) is 36.2. The van der Waals surface area contributed by atoms with Crippen LogP contribution < -0.4 is 19.9 Å². The Kier molecular flexibility index (Phi) is 10.8. The molecule has 4 unspecified atom stereocenters. The fourth-order valence-corrected chi connectivity index (χ4v) is 9.08. The molecule has 0 saturated carbocycles. The molecule has 4 aliphatic rings. The first-order chi connectivity index (χ1) is 30.5. The SMILES string of the molecule is CN(C)CCCN(C(=O)Nc1ccc(-c2nc(N3CC4CCC(C3)O4)c3cnn(C)c3n2)cc1)N(C)C(=O)Oc1ccc(-c2nc(N3CC4CCC(C3)O4)c3cnn(C)c3n2)cc1. The molecule has 19 nitrogen and oxygen atoms in total. The molecule has 4 saturated heterocycles. The predicted molar refractivity (Wildman–Crippen MR) is 236 cm³/mol. The van der Waals surface area contributed by atoms with E-state index in [0.717, 1.165) is 96.7 Å². The molecule has 4 atom stereocenters. The van der Waals surface area contributed by atoms with Crippen LogP contribution >= 0.6 is 0 Å². The average molecular weight is 857 g/mol. The summed E-state index contributed by atoms with van der Waals surface area (Å²) in [5.74, 6) is 3.09. The van der Waals surface area contributed by atoms with E-state index in [2.05, 4.69) is 25.3 Å². The smallest absolute Gasteiger partial charge is 0.409 e. The van der Waals surface area contributed by atoms with Crippen molar-refractivity contribution in [2.24, 2.45) is 14.1 Å². The molecule has 63 heavy (non-hydrogen) atoms. The Bertz CT molecular complexity index is 2630. The molecule has 2 aromatic carbocycles. The summed E-state index contributed by atoms with van der Waals surface area (Å²) in [7, 11) is 9.19. The molecule has 19 heteroatoms. The van der Waals surface area contributed by atoms with Gasteiger partial charge in [-0.15, -0.1) is 0 Å². The van der Waals surface area contributed by atoms with Crippen LogP contribution in [0.2, 0.25) is 0 Å². The second-order valence-corrected chi connectivity index (χ2v) is 17.2. The molecule has 4 fully saturated rings. The van der Waals surface area contributed by atoms with E-state index >= 15 is 0 Å². The van der Waals surface area contributed by atoms with Crippen molar-refractivity contribution >= 4 is 51.5 Å². The number of urea groups is 1. The lowest BCUT2D eigenvalue weighted by Gasteiger charge is -2.33. The summed E-state index contributed by atoms with van der Waals surface area (Å²) >= 11 is 0. The van der Waals surface area contributed by atoms with E-state index in [1.807, 2.05) is 69.7 Å². The van der Waals surface area contributed by atoms with E-state index in [-0.39, 0.29) is 31.0 Å². The van der Waals surface area contributed by atoms with Crippen molar-refractivity contribution in [3.05, 3.63) is 60.9 Å². The number of nitrogens with one attached hydrogen (secondary N) is 1. The van der Waals surface area contributed by atoms with Gasteiger partial charge in [0.15, 0.2) is 22.9 Å². The van der Waals surface area contributed by atoms with Crippen molar-refractivity contribution in [3.8, 4) is 28.5 Å². The van der Waals surface area contributed by atoms with Gasteiger partial charge in [-0.2, -0.15) is 10.2 Å². The van der Waals surface area contributed by atoms with Crippen molar-refractivity contribution in [1.29, 1.82) is 0 Å². The normalized spacial score (nSPS) is 20.5. The molecule has 3 amide bonds. The van der Waals surface area contributed by atoms with E-state index in [4.69, 9.17) is 34.1 Å². The third-order valence-electron chi connectivity index (χ3n) is 12.4. The van der Waals surface area contributed by atoms with Crippen molar-refractivity contribution in [2.75, 3.05) is 75.5 Å². The lowest BCUT2D eigenvalue weighted by atomic mass is 10.2. The summed E-state index contributed by atoms with van der Waals surface area (Å²) < 4.78 is 21.5. The van der Waals surface area contributed by atoms with Gasteiger partial charge >= 0.3 is 12.1 Å². The second-order valence-electron chi connectivity index (χ2n) is 17.2. The number of hydrogen-bond acceptors (Lipinski definition) is 14. The molecular formula is C44H52N14O5. The van der Waals surface area contributed by atoms with Crippen molar-refractivity contribution in [3.63, 3.8) is 0 Å². The number of anilines is 3. The van der Waals surface area contributed by atoms with Crippen LogP contribution in [0.5, 0.6) is 5.75 Å². The summed E-state index contributed by atoms with van der Waals surface area (Å²) in [4.78, 5) is 54.0. The van der Waals surface area contributed by atoms with Crippen LogP contribution in [0.25, 0.3) is 44.8 Å². The Labute approximate surface area is 364 Å². The molecule has 4 aromatic heterocycles. The molecule has 0 radical (unpaired) electrons. The van der Waals surface area contributed by atoms with Crippen molar-refractivity contribution < 1.29 is 23.8 Å².